The van der Waals surface area contributed by atoms with Crippen LogP contribution in [0, 0.1) is 27.1 Å². The summed E-state index contributed by atoms with van der Waals surface area (Å²) in [6.45, 7) is 2.76. The van der Waals surface area contributed by atoms with Crippen LogP contribution in [-0.4, -0.2) is 0 Å². The molecule has 0 aromatic carbocycles. The molecule has 0 aromatic rings. The first-order chi connectivity index (χ1) is 10.7. The van der Waals surface area contributed by atoms with Crippen LogP contribution in [0.15, 0.2) is 11.6 Å². The van der Waals surface area contributed by atoms with Crippen molar-refractivity contribution in [2.75, 3.05) is 0 Å². The largest absolute Gasteiger partial charge is 0.0841 e. The number of fused-ring (bicyclic) bond motifs is 1. The van der Waals surface area contributed by atoms with Gasteiger partial charge < -0.3 is 0 Å². The van der Waals surface area contributed by atoms with Gasteiger partial charge in [0.15, 0.2) is 0 Å². The van der Waals surface area contributed by atoms with Crippen molar-refractivity contribution in [3.8, 4) is 0 Å². The zero-order chi connectivity index (χ0) is 14.7. The summed E-state index contributed by atoms with van der Waals surface area (Å²) in [4.78, 5) is 0. The molecular weight excluding hydrogens is 264 g/mol. The van der Waals surface area contributed by atoms with E-state index in [9.17, 15) is 0 Å². The fraction of sp³-hybridized carbons (Fsp3) is 0.909. The Morgan fingerprint density at radius 3 is 2.00 bits per heavy atom. The van der Waals surface area contributed by atoms with Crippen LogP contribution < -0.4 is 0 Å². The molecule has 0 amide bonds. The maximum atomic E-state index is 2.79. The fourth-order valence-electron chi connectivity index (χ4n) is 10.8. The van der Waals surface area contributed by atoms with E-state index in [1.807, 2.05) is 5.57 Å². The van der Waals surface area contributed by atoms with Gasteiger partial charge in [0.1, 0.15) is 0 Å². The topological polar surface area (TPSA) is 0 Å². The minimum absolute atomic E-state index is 0.595. The number of allylic oxidation sites excluding steroid dienone is 2. The van der Waals surface area contributed by atoms with E-state index >= 15 is 0 Å². The second-order valence-corrected chi connectivity index (χ2v) is 10.2. The van der Waals surface area contributed by atoms with Crippen molar-refractivity contribution in [1.82, 2.24) is 0 Å². The minimum Gasteiger partial charge on any atom is -0.0841 e. The molecule has 22 heavy (non-hydrogen) atoms. The number of hydrogen-bond donors (Lipinski definition) is 0. The van der Waals surface area contributed by atoms with Crippen LogP contribution in [-0.2, 0) is 0 Å². The first-order valence-corrected chi connectivity index (χ1v) is 10.4. The molecule has 0 heteroatoms. The van der Waals surface area contributed by atoms with Gasteiger partial charge in [-0.05, 0) is 91.3 Å². The van der Waals surface area contributed by atoms with Crippen LogP contribution in [0.3, 0.4) is 0 Å². The summed E-state index contributed by atoms with van der Waals surface area (Å²) in [7, 11) is 0. The summed E-state index contributed by atoms with van der Waals surface area (Å²) < 4.78 is 0. The Morgan fingerprint density at radius 1 is 0.636 bits per heavy atom. The lowest BCUT2D eigenvalue weighted by Gasteiger charge is -2.70. The Labute approximate surface area is 136 Å². The average Bonchev–Trinajstić information content (AvgIpc) is 3.26. The molecule has 0 nitrogen and oxygen atoms in total. The molecule has 0 saturated heterocycles. The third kappa shape index (κ3) is 0.921. The summed E-state index contributed by atoms with van der Waals surface area (Å²) in [5.74, 6) is 0. The van der Waals surface area contributed by atoms with Crippen LogP contribution in [0.1, 0.15) is 96.8 Å². The lowest BCUT2D eigenvalue weighted by atomic mass is 9.34. The average molecular weight is 296 g/mol. The predicted octanol–water partition coefficient (Wildman–Crippen LogP) is 6.41. The number of hydrogen-bond acceptors (Lipinski definition) is 0. The lowest BCUT2D eigenvalue weighted by molar-refractivity contribution is -0.173. The van der Waals surface area contributed by atoms with Crippen LogP contribution >= 0.6 is 0 Å². The second kappa shape index (κ2) is 3.55. The van der Waals surface area contributed by atoms with Gasteiger partial charge >= 0.3 is 0 Å². The SMILES string of the molecule is C[C@@]12CCC[C@@]13CCC[C@]31CCC[C@@]13CCC[C@]31CCC=C12. The maximum Gasteiger partial charge on any atom is -0.00176 e. The third-order valence-corrected chi connectivity index (χ3v) is 10.7. The molecule has 6 rings (SSSR count). The lowest BCUT2D eigenvalue weighted by Crippen LogP contribution is -2.64. The highest BCUT2D eigenvalue weighted by atomic mass is 14.9. The van der Waals surface area contributed by atoms with Gasteiger partial charge in [0.25, 0.3) is 0 Å². The quantitative estimate of drug-likeness (QED) is 0.453. The molecule has 5 saturated carbocycles. The maximum absolute atomic E-state index is 2.79. The first-order valence-electron chi connectivity index (χ1n) is 10.4. The van der Waals surface area contributed by atoms with E-state index in [1.165, 1.54) is 25.7 Å². The van der Waals surface area contributed by atoms with Crippen LogP contribution in [0.4, 0.5) is 0 Å². The minimum atomic E-state index is 0.595. The Balaban J connectivity index is 1.73. The van der Waals surface area contributed by atoms with Gasteiger partial charge in [0.2, 0.25) is 0 Å². The molecule has 0 bridgehead atoms. The van der Waals surface area contributed by atoms with E-state index < -0.39 is 0 Å². The second-order valence-electron chi connectivity index (χ2n) is 10.2. The molecule has 120 valence electrons. The van der Waals surface area contributed by atoms with E-state index in [1.54, 1.807) is 64.2 Å². The first kappa shape index (κ1) is 13.1. The molecule has 5 fully saturated rings. The molecule has 0 heterocycles. The molecule has 0 radical (unpaired) electrons. The van der Waals surface area contributed by atoms with Crippen molar-refractivity contribution in [2.24, 2.45) is 27.1 Å². The molecule has 0 N–H and O–H groups in total. The van der Waals surface area contributed by atoms with Gasteiger partial charge in [0, 0.05) is 0 Å². The predicted molar refractivity (Wildman–Crippen MR) is 90.6 cm³/mol. The molecule has 6 aliphatic carbocycles. The van der Waals surface area contributed by atoms with E-state index in [4.69, 9.17) is 0 Å². The Kier molecular flexibility index (Phi) is 2.11. The summed E-state index contributed by atoms with van der Waals surface area (Å²) in [6, 6.07) is 0. The molecule has 0 aromatic heterocycles. The Morgan fingerprint density at radius 2 is 1.23 bits per heavy atom. The number of rotatable bonds is 0. The van der Waals surface area contributed by atoms with Crippen LogP contribution in [0.25, 0.3) is 0 Å². The molecule has 6 aliphatic rings. The molecular formula is C22H32. The molecule has 0 aliphatic heterocycles. The molecule has 4 spiro atoms. The van der Waals surface area contributed by atoms with Gasteiger partial charge in [0.05, 0.1) is 0 Å². The summed E-state index contributed by atoms with van der Waals surface area (Å²) >= 11 is 0. The van der Waals surface area contributed by atoms with E-state index in [-0.39, 0.29) is 0 Å². The normalized spacial score (nSPS) is 61.4. The summed E-state index contributed by atoms with van der Waals surface area (Å²) in [5, 5.41) is 0. The van der Waals surface area contributed by atoms with Gasteiger partial charge in [-0.15, -0.1) is 0 Å². The van der Waals surface area contributed by atoms with E-state index in [0.29, 0.717) is 10.8 Å². The van der Waals surface area contributed by atoms with Crippen molar-refractivity contribution in [1.29, 1.82) is 0 Å². The highest BCUT2D eigenvalue weighted by molar-refractivity contribution is 5.45. The van der Waals surface area contributed by atoms with Crippen molar-refractivity contribution in [3.63, 3.8) is 0 Å². The molecule has 5 atom stereocenters. The molecule has 0 unspecified atom stereocenters. The highest BCUT2D eigenvalue weighted by Gasteiger charge is 2.82. The van der Waals surface area contributed by atoms with Crippen molar-refractivity contribution in [2.45, 2.75) is 96.8 Å². The van der Waals surface area contributed by atoms with E-state index in [0.717, 1.165) is 16.2 Å². The van der Waals surface area contributed by atoms with Crippen LogP contribution in [0.5, 0.6) is 0 Å². The Hall–Kier alpha value is -0.260. The van der Waals surface area contributed by atoms with Gasteiger partial charge in [-0.2, -0.15) is 0 Å². The Bertz CT molecular complexity index is 575. The van der Waals surface area contributed by atoms with Crippen molar-refractivity contribution < 1.29 is 0 Å². The fourth-order valence-corrected chi connectivity index (χ4v) is 10.8. The third-order valence-electron chi connectivity index (χ3n) is 10.7. The summed E-state index contributed by atoms with van der Waals surface area (Å²) in [6.07, 6.45) is 24.6. The van der Waals surface area contributed by atoms with Gasteiger partial charge in [-0.3, -0.25) is 0 Å². The zero-order valence-corrected chi connectivity index (χ0v) is 14.5. The summed E-state index contributed by atoms with van der Waals surface area (Å²) in [5.41, 5.74) is 5.55. The zero-order valence-electron chi connectivity index (χ0n) is 14.5. The highest BCUT2D eigenvalue weighted by Crippen LogP contribution is 2.91. The van der Waals surface area contributed by atoms with Gasteiger partial charge in [-0.1, -0.05) is 44.3 Å². The monoisotopic (exact) mass is 296 g/mol. The standard InChI is InChI=1S/C22H32/c1-18-8-3-11-20(18)12-5-15-22(20)16-6-14-21(22)13-4-10-19(21)9-2-7-17(18)19/h7H,2-6,8-16H2,1H3/t18-,19-,20+,21+,22-/m0/s1. The van der Waals surface area contributed by atoms with Crippen molar-refractivity contribution >= 4 is 0 Å². The van der Waals surface area contributed by atoms with Gasteiger partial charge in [-0.25, -0.2) is 0 Å². The van der Waals surface area contributed by atoms with Crippen LogP contribution in [0.2, 0.25) is 0 Å². The van der Waals surface area contributed by atoms with Crippen molar-refractivity contribution in [3.05, 3.63) is 11.6 Å². The van der Waals surface area contributed by atoms with E-state index in [2.05, 4.69) is 13.0 Å². The smallest absolute Gasteiger partial charge is 0.00176 e.